The average molecular weight is 686 g/mol. The molecule has 0 saturated heterocycles. The second-order valence-electron chi connectivity index (χ2n) is 6.95. The third kappa shape index (κ3) is 2.99. The Balaban J connectivity index is 0.00000289. The standard InChI is InChI=1S/C21F12N.Ir/c22-3-1-2(9(23)15(29)10(3)24)20-14(28)7-5-4(11(25)16(30)17(31)12(5)26)6-8(7)21(34-20)19(33)18(32)13(6)27;/q-1;. The fourth-order valence-corrected chi connectivity index (χ4v) is 3.81. The summed E-state index contributed by atoms with van der Waals surface area (Å²) in [7, 11) is 0. The van der Waals surface area contributed by atoms with Crippen LogP contribution in [-0.4, -0.2) is 4.98 Å². The van der Waals surface area contributed by atoms with Gasteiger partial charge < -0.3 is 0 Å². The van der Waals surface area contributed by atoms with E-state index < -0.39 is 114 Å². The van der Waals surface area contributed by atoms with Crippen LogP contribution >= 0.6 is 0 Å². The van der Waals surface area contributed by atoms with E-state index in [1.807, 2.05) is 0 Å². The molecule has 1 radical (unpaired) electrons. The van der Waals surface area contributed by atoms with Crippen molar-refractivity contribution in [1.82, 2.24) is 4.98 Å². The second kappa shape index (κ2) is 7.95. The SMILES string of the molecule is Fc1[c-]c(-c2nc3c(F)c(F)c(F)c4c3c(c2F)-c2c(F)c(F)c(F)c(F)c2-4)c(F)c(F)c1F.[Ir]. The molecule has 1 heterocycles. The summed E-state index contributed by atoms with van der Waals surface area (Å²) in [6.45, 7) is 0. The summed E-state index contributed by atoms with van der Waals surface area (Å²) in [6, 6.07) is 1.24. The normalized spacial score (nSPS) is 11.8. The summed E-state index contributed by atoms with van der Waals surface area (Å²) >= 11 is 0. The van der Waals surface area contributed by atoms with Gasteiger partial charge in [0.2, 0.25) is 0 Å². The number of benzene rings is 3. The maximum atomic E-state index is 15.4. The van der Waals surface area contributed by atoms with Gasteiger partial charge in [-0.1, -0.05) is 11.6 Å². The first-order valence-electron chi connectivity index (χ1n) is 8.72. The Morgan fingerprint density at radius 3 is 1.40 bits per heavy atom. The molecule has 5 rings (SSSR count). The molecule has 0 atom stereocenters. The van der Waals surface area contributed by atoms with Crippen LogP contribution in [0.5, 0.6) is 0 Å². The van der Waals surface area contributed by atoms with E-state index in [0.29, 0.717) is 0 Å². The quantitative estimate of drug-likeness (QED) is 0.0801. The van der Waals surface area contributed by atoms with E-state index in [-0.39, 0.29) is 20.1 Å². The number of nitrogens with zero attached hydrogens (tertiary/aromatic N) is 1. The third-order valence-corrected chi connectivity index (χ3v) is 5.24. The molecule has 1 nitrogen and oxygen atoms in total. The van der Waals surface area contributed by atoms with Crippen LogP contribution in [0.3, 0.4) is 0 Å². The number of hydrogen-bond acceptors (Lipinski definition) is 1. The molecule has 0 bridgehead atoms. The predicted octanol–water partition coefficient (Wildman–Crippen LogP) is 7.02. The minimum atomic E-state index is -2.52. The Labute approximate surface area is 198 Å². The summed E-state index contributed by atoms with van der Waals surface area (Å²) in [4.78, 5) is 3.15. The first-order chi connectivity index (χ1) is 15.9. The van der Waals surface area contributed by atoms with Gasteiger partial charge in [-0.15, -0.1) is 0 Å². The van der Waals surface area contributed by atoms with Crippen molar-refractivity contribution in [3.63, 3.8) is 0 Å². The van der Waals surface area contributed by atoms with Crippen molar-refractivity contribution in [3.05, 3.63) is 75.9 Å². The Morgan fingerprint density at radius 1 is 0.429 bits per heavy atom. The predicted molar refractivity (Wildman–Crippen MR) is 89.9 cm³/mol. The molecule has 0 spiro atoms. The maximum Gasteiger partial charge on any atom is 0.198 e. The van der Waals surface area contributed by atoms with E-state index in [1.54, 1.807) is 0 Å². The molecule has 3 aromatic carbocycles. The van der Waals surface area contributed by atoms with Crippen molar-refractivity contribution in [1.29, 1.82) is 0 Å². The minimum absolute atomic E-state index is 0. The molecule has 0 N–H and O–H groups in total. The first kappa shape index (κ1) is 25.0. The van der Waals surface area contributed by atoms with Crippen LogP contribution in [0.2, 0.25) is 0 Å². The summed E-state index contributed by atoms with van der Waals surface area (Å²) in [5, 5.41) is -1.21. The average Bonchev–Trinajstić information content (AvgIpc) is 3.17. The Bertz CT molecular complexity index is 1630. The largest absolute Gasteiger partial charge is 0.290 e. The molecule has 1 aliphatic carbocycles. The zero-order valence-electron chi connectivity index (χ0n) is 15.8. The van der Waals surface area contributed by atoms with Crippen LogP contribution in [0.1, 0.15) is 0 Å². The number of rotatable bonds is 1. The third-order valence-electron chi connectivity index (χ3n) is 5.24. The van der Waals surface area contributed by atoms with Gasteiger partial charge >= 0.3 is 0 Å². The monoisotopic (exact) mass is 687 g/mol. The minimum Gasteiger partial charge on any atom is -0.290 e. The van der Waals surface area contributed by atoms with Gasteiger partial charge in [0, 0.05) is 53.4 Å². The molecule has 0 fully saturated rings. The van der Waals surface area contributed by atoms with Crippen LogP contribution in [0.15, 0.2) is 0 Å². The summed E-state index contributed by atoms with van der Waals surface area (Å²) in [5.74, 6) is -28.0. The van der Waals surface area contributed by atoms with E-state index in [4.69, 9.17) is 0 Å². The molecule has 14 heteroatoms. The molecule has 1 aromatic heterocycles. The van der Waals surface area contributed by atoms with Crippen LogP contribution in [0.25, 0.3) is 44.4 Å². The molecule has 4 aromatic rings. The van der Waals surface area contributed by atoms with Crippen molar-refractivity contribution in [2.24, 2.45) is 0 Å². The van der Waals surface area contributed by atoms with Crippen molar-refractivity contribution in [3.8, 4) is 33.5 Å². The van der Waals surface area contributed by atoms with E-state index in [0.717, 1.165) is 0 Å². The van der Waals surface area contributed by atoms with Crippen molar-refractivity contribution in [2.45, 2.75) is 0 Å². The zero-order chi connectivity index (χ0) is 25.0. The summed E-state index contributed by atoms with van der Waals surface area (Å²) in [6.07, 6.45) is 0. The van der Waals surface area contributed by atoms with Crippen molar-refractivity contribution < 1.29 is 72.8 Å². The first-order valence-corrected chi connectivity index (χ1v) is 8.72. The molecule has 35 heavy (non-hydrogen) atoms. The molecule has 0 amide bonds. The maximum absolute atomic E-state index is 15.4. The van der Waals surface area contributed by atoms with Gasteiger partial charge in [-0.2, -0.15) is 0 Å². The van der Waals surface area contributed by atoms with Crippen LogP contribution < -0.4 is 0 Å². The fraction of sp³-hybridized carbons (Fsp3) is 0. The Hall–Kier alpha value is -3.12. The van der Waals surface area contributed by atoms with Crippen LogP contribution in [0.4, 0.5) is 52.7 Å². The summed E-state index contributed by atoms with van der Waals surface area (Å²) < 4.78 is 170. The molecule has 0 saturated carbocycles. The van der Waals surface area contributed by atoms with Crippen molar-refractivity contribution >= 4 is 10.9 Å². The van der Waals surface area contributed by atoms with Gasteiger partial charge in [0.25, 0.3) is 0 Å². The zero-order valence-corrected chi connectivity index (χ0v) is 18.2. The van der Waals surface area contributed by atoms with E-state index in [9.17, 15) is 48.3 Å². The molecular weight excluding hydrogens is 686 g/mol. The Morgan fingerprint density at radius 2 is 0.857 bits per heavy atom. The summed E-state index contributed by atoms with van der Waals surface area (Å²) in [5.41, 5.74) is -10.7. The van der Waals surface area contributed by atoms with E-state index in [2.05, 4.69) is 4.98 Å². The smallest absolute Gasteiger partial charge is 0.198 e. The van der Waals surface area contributed by atoms with Gasteiger partial charge in [0.15, 0.2) is 40.7 Å². The van der Waals surface area contributed by atoms with Gasteiger partial charge in [-0.25, -0.2) is 43.9 Å². The van der Waals surface area contributed by atoms with Crippen LogP contribution in [-0.2, 0) is 20.1 Å². The van der Waals surface area contributed by atoms with E-state index >= 15 is 4.39 Å². The number of fused-ring (bicyclic) bond motifs is 3. The molecule has 183 valence electrons. The number of aromatic nitrogens is 1. The molecule has 0 unspecified atom stereocenters. The van der Waals surface area contributed by atoms with Crippen molar-refractivity contribution in [2.75, 3.05) is 0 Å². The molecule has 1 aliphatic rings. The van der Waals surface area contributed by atoms with Gasteiger partial charge in [0.1, 0.15) is 17.5 Å². The van der Waals surface area contributed by atoms with Gasteiger partial charge in [-0.05, 0) is 0 Å². The molecular formula is C21F12IrN-. The fourth-order valence-electron chi connectivity index (χ4n) is 3.81. The molecule has 0 aliphatic heterocycles. The number of halogens is 12. The van der Waals surface area contributed by atoms with Gasteiger partial charge in [-0.3, -0.25) is 13.8 Å². The number of hydrogen-bond donors (Lipinski definition) is 0. The second-order valence-corrected chi connectivity index (χ2v) is 6.95. The van der Waals surface area contributed by atoms with Gasteiger partial charge in [0.05, 0.1) is 17.2 Å². The topological polar surface area (TPSA) is 12.9 Å². The van der Waals surface area contributed by atoms with Crippen LogP contribution in [0, 0.1) is 75.9 Å². The number of pyridine rings is 1. The Kier molecular flexibility index (Phi) is 5.68. The van der Waals surface area contributed by atoms with E-state index in [1.165, 1.54) is 6.07 Å².